The van der Waals surface area contributed by atoms with Crippen molar-refractivity contribution in [2.75, 3.05) is 5.32 Å². The number of nitrogens with zero attached hydrogens (tertiary/aromatic N) is 2. The van der Waals surface area contributed by atoms with Gasteiger partial charge in [-0.25, -0.2) is 4.68 Å². The largest absolute Gasteiger partial charge is 0.311 e. The summed E-state index contributed by atoms with van der Waals surface area (Å²) in [5.74, 6) is 0.865. The lowest BCUT2D eigenvalue weighted by Gasteiger charge is -2.09. The van der Waals surface area contributed by atoms with Gasteiger partial charge in [0.25, 0.3) is 0 Å². The Balaban J connectivity index is 1.65. The zero-order valence-electron chi connectivity index (χ0n) is 12.9. The van der Waals surface area contributed by atoms with Crippen LogP contribution in [0, 0.1) is 5.92 Å². The molecule has 0 saturated heterocycles. The highest BCUT2D eigenvalue weighted by molar-refractivity contribution is 6.42. The first kappa shape index (κ1) is 16.3. The molecule has 0 radical (unpaired) electrons. The molecule has 1 aliphatic carbocycles. The number of rotatable bonds is 6. The fourth-order valence-corrected chi connectivity index (χ4v) is 3.23. The Morgan fingerprint density at radius 1 is 1.39 bits per heavy atom. The van der Waals surface area contributed by atoms with Crippen molar-refractivity contribution in [1.82, 2.24) is 9.78 Å². The molecular weight excluding hydrogens is 333 g/mol. The molecule has 1 aromatic carbocycles. The maximum absolute atomic E-state index is 12.5. The van der Waals surface area contributed by atoms with Crippen LogP contribution in [0.1, 0.15) is 37.7 Å². The van der Waals surface area contributed by atoms with Crippen LogP contribution >= 0.6 is 23.2 Å². The standard InChI is InChI=1S/C17H19Cl2N3O/c1-2-3-9-22-15(7-8-20-22)21-17(23)13-10-12(13)11-5-4-6-14(18)16(11)19/h4-8,12-13H,2-3,9-10H2,1H3,(H,21,23). The first-order chi connectivity index (χ1) is 11.1. The number of hydrogen-bond acceptors (Lipinski definition) is 2. The number of unbranched alkanes of at least 4 members (excludes halogenated alkanes) is 1. The van der Waals surface area contributed by atoms with Crippen LogP contribution in [-0.4, -0.2) is 15.7 Å². The van der Waals surface area contributed by atoms with E-state index in [1.54, 1.807) is 12.3 Å². The predicted octanol–water partition coefficient (Wildman–Crippen LogP) is 4.73. The quantitative estimate of drug-likeness (QED) is 0.817. The molecule has 1 heterocycles. The second-order valence-electron chi connectivity index (χ2n) is 5.87. The van der Waals surface area contributed by atoms with Gasteiger partial charge in [0.05, 0.1) is 16.2 Å². The van der Waals surface area contributed by atoms with E-state index >= 15 is 0 Å². The van der Waals surface area contributed by atoms with Crippen LogP contribution in [0.2, 0.25) is 10.0 Å². The van der Waals surface area contributed by atoms with Gasteiger partial charge in [0.15, 0.2) is 0 Å². The minimum absolute atomic E-state index is 0.0179. The van der Waals surface area contributed by atoms with Gasteiger partial charge in [-0.2, -0.15) is 5.10 Å². The first-order valence-electron chi connectivity index (χ1n) is 7.88. The van der Waals surface area contributed by atoms with E-state index in [1.165, 1.54) is 0 Å². The van der Waals surface area contributed by atoms with E-state index in [9.17, 15) is 4.79 Å². The molecule has 1 saturated carbocycles. The van der Waals surface area contributed by atoms with E-state index in [2.05, 4.69) is 17.3 Å². The Bertz CT molecular complexity index is 714. The summed E-state index contributed by atoms with van der Waals surface area (Å²) in [6.07, 6.45) is 4.64. The summed E-state index contributed by atoms with van der Waals surface area (Å²) in [6.45, 7) is 2.94. The third-order valence-electron chi connectivity index (χ3n) is 4.20. The Labute approximate surface area is 145 Å². The number of amides is 1. The number of carbonyl (C=O) groups excluding carboxylic acids is 1. The average Bonchev–Trinajstić information content (AvgIpc) is 3.22. The van der Waals surface area contributed by atoms with Crippen molar-refractivity contribution in [1.29, 1.82) is 0 Å². The van der Waals surface area contributed by atoms with Crippen molar-refractivity contribution < 1.29 is 4.79 Å². The summed E-state index contributed by atoms with van der Waals surface area (Å²) in [5.41, 5.74) is 0.957. The van der Waals surface area contributed by atoms with E-state index in [4.69, 9.17) is 23.2 Å². The minimum atomic E-state index is -0.0551. The number of halogens is 2. The van der Waals surface area contributed by atoms with Gasteiger partial charge in [0, 0.05) is 18.5 Å². The molecule has 2 unspecified atom stereocenters. The molecule has 1 aliphatic rings. The number of nitrogens with one attached hydrogen (secondary N) is 1. The predicted molar refractivity (Wildman–Crippen MR) is 93.1 cm³/mol. The molecule has 2 aromatic rings. The number of anilines is 1. The Hall–Kier alpha value is -1.52. The van der Waals surface area contributed by atoms with Crippen molar-refractivity contribution in [3.8, 4) is 0 Å². The Kier molecular flexibility index (Phi) is 4.93. The molecule has 6 heteroatoms. The number of aryl methyl sites for hydroxylation is 1. The summed E-state index contributed by atoms with van der Waals surface area (Å²) in [5, 5.41) is 8.33. The molecule has 3 rings (SSSR count). The second-order valence-corrected chi connectivity index (χ2v) is 6.66. The van der Waals surface area contributed by atoms with Crippen LogP contribution in [0.15, 0.2) is 30.5 Å². The molecule has 23 heavy (non-hydrogen) atoms. The van der Waals surface area contributed by atoms with Crippen LogP contribution in [0.3, 0.4) is 0 Å². The van der Waals surface area contributed by atoms with Crippen LogP contribution in [0.5, 0.6) is 0 Å². The van der Waals surface area contributed by atoms with Crippen molar-refractivity contribution in [3.05, 3.63) is 46.1 Å². The SMILES string of the molecule is CCCCn1nccc1NC(=O)C1CC1c1cccc(Cl)c1Cl. The summed E-state index contributed by atoms with van der Waals surface area (Å²) in [6, 6.07) is 7.41. The molecule has 0 bridgehead atoms. The second kappa shape index (κ2) is 6.93. The highest BCUT2D eigenvalue weighted by Crippen LogP contribution is 2.51. The fraction of sp³-hybridized carbons (Fsp3) is 0.412. The Morgan fingerprint density at radius 3 is 3.00 bits per heavy atom. The molecule has 1 fully saturated rings. The third-order valence-corrected chi connectivity index (χ3v) is 5.03. The molecule has 122 valence electrons. The monoisotopic (exact) mass is 351 g/mol. The van der Waals surface area contributed by atoms with Gasteiger partial charge in [0.2, 0.25) is 5.91 Å². The van der Waals surface area contributed by atoms with E-state index in [-0.39, 0.29) is 17.7 Å². The van der Waals surface area contributed by atoms with Crippen molar-refractivity contribution in [3.63, 3.8) is 0 Å². The number of hydrogen-bond donors (Lipinski definition) is 1. The van der Waals surface area contributed by atoms with E-state index in [0.717, 1.165) is 37.2 Å². The molecular formula is C17H19Cl2N3O. The van der Waals surface area contributed by atoms with Gasteiger partial charge in [-0.05, 0) is 30.4 Å². The van der Waals surface area contributed by atoms with Gasteiger partial charge >= 0.3 is 0 Å². The first-order valence-corrected chi connectivity index (χ1v) is 8.64. The highest BCUT2D eigenvalue weighted by Gasteiger charge is 2.45. The molecule has 2 atom stereocenters. The average molecular weight is 352 g/mol. The van der Waals surface area contributed by atoms with Gasteiger partial charge in [-0.15, -0.1) is 0 Å². The van der Waals surface area contributed by atoms with Crippen molar-refractivity contribution in [2.24, 2.45) is 5.92 Å². The van der Waals surface area contributed by atoms with Gasteiger partial charge in [0.1, 0.15) is 5.82 Å². The van der Waals surface area contributed by atoms with Gasteiger partial charge < -0.3 is 5.32 Å². The molecule has 0 spiro atoms. The lowest BCUT2D eigenvalue weighted by molar-refractivity contribution is -0.117. The van der Waals surface area contributed by atoms with Crippen LogP contribution < -0.4 is 5.32 Å². The fourth-order valence-electron chi connectivity index (χ4n) is 2.78. The van der Waals surface area contributed by atoms with Gasteiger partial charge in [-0.1, -0.05) is 48.7 Å². The summed E-state index contributed by atoms with van der Waals surface area (Å²) >= 11 is 12.3. The zero-order chi connectivity index (χ0) is 16.4. The van der Waals surface area contributed by atoms with E-state index in [1.807, 2.05) is 22.9 Å². The van der Waals surface area contributed by atoms with E-state index < -0.39 is 0 Å². The lowest BCUT2D eigenvalue weighted by atomic mass is 10.1. The van der Waals surface area contributed by atoms with Crippen molar-refractivity contribution in [2.45, 2.75) is 38.6 Å². The van der Waals surface area contributed by atoms with Crippen molar-refractivity contribution >= 4 is 34.9 Å². The molecule has 0 aliphatic heterocycles. The summed E-state index contributed by atoms with van der Waals surface area (Å²) in [7, 11) is 0. The van der Waals surface area contributed by atoms with Crippen LogP contribution in [0.4, 0.5) is 5.82 Å². The molecule has 1 aromatic heterocycles. The summed E-state index contributed by atoms with van der Waals surface area (Å²) < 4.78 is 1.84. The third kappa shape index (κ3) is 3.54. The van der Waals surface area contributed by atoms with Crippen LogP contribution in [-0.2, 0) is 11.3 Å². The molecule has 1 amide bonds. The Morgan fingerprint density at radius 2 is 2.22 bits per heavy atom. The lowest BCUT2D eigenvalue weighted by Crippen LogP contribution is -2.18. The number of carbonyl (C=O) groups is 1. The highest BCUT2D eigenvalue weighted by atomic mass is 35.5. The number of aromatic nitrogens is 2. The topological polar surface area (TPSA) is 46.9 Å². The zero-order valence-corrected chi connectivity index (χ0v) is 14.4. The van der Waals surface area contributed by atoms with E-state index in [0.29, 0.717) is 10.0 Å². The minimum Gasteiger partial charge on any atom is -0.311 e. The maximum atomic E-state index is 12.5. The normalized spacial score (nSPS) is 19.6. The molecule has 4 nitrogen and oxygen atoms in total. The van der Waals surface area contributed by atoms with Crippen LogP contribution in [0.25, 0.3) is 0 Å². The van der Waals surface area contributed by atoms with Gasteiger partial charge in [-0.3, -0.25) is 4.79 Å². The smallest absolute Gasteiger partial charge is 0.229 e. The maximum Gasteiger partial charge on any atom is 0.229 e. The summed E-state index contributed by atoms with van der Waals surface area (Å²) in [4.78, 5) is 12.5. The molecule has 1 N–H and O–H groups in total. The number of benzene rings is 1.